The van der Waals surface area contributed by atoms with Crippen molar-refractivity contribution in [2.75, 3.05) is 27.2 Å². The van der Waals surface area contributed by atoms with E-state index in [0.717, 1.165) is 35.8 Å². The van der Waals surface area contributed by atoms with E-state index in [2.05, 4.69) is 21.4 Å². The molecule has 0 atom stereocenters. The molecule has 1 N–H and O–H groups in total. The normalized spacial score (nSPS) is 13.6. The first-order chi connectivity index (χ1) is 16.4. The van der Waals surface area contributed by atoms with Crippen LogP contribution in [0.2, 0.25) is 0 Å². The van der Waals surface area contributed by atoms with Crippen LogP contribution in [0.15, 0.2) is 41.1 Å². The number of ether oxygens (including phenoxy) is 1. The van der Waals surface area contributed by atoms with Crippen molar-refractivity contribution >= 4 is 28.7 Å². The van der Waals surface area contributed by atoms with Crippen LogP contribution >= 0.6 is 0 Å². The maximum atomic E-state index is 12.1. The summed E-state index contributed by atoms with van der Waals surface area (Å²) in [5.74, 6) is 1.81. The van der Waals surface area contributed by atoms with E-state index in [1.807, 2.05) is 14.0 Å². The molecule has 0 bridgehead atoms. The molecule has 0 aliphatic carbocycles. The number of hydrogen-bond acceptors (Lipinski definition) is 7. The van der Waals surface area contributed by atoms with E-state index in [1.54, 1.807) is 55.1 Å². The maximum absolute atomic E-state index is 12.1. The lowest BCUT2D eigenvalue weighted by Crippen LogP contribution is -2.42. The van der Waals surface area contributed by atoms with Crippen LogP contribution < -0.4 is 10.1 Å². The van der Waals surface area contributed by atoms with E-state index in [4.69, 9.17) is 14.4 Å². The minimum Gasteiger partial charge on any atom is -0.460 e. The van der Waals surface area contributed by atoms with Gasteiger partial charge >= 0.3 is 0 Å². The van der Waals surface area contributed by atoms with Crippen LogP contribution in [-0.2, 0) is 0 Å². The molecule has 1 aliphatic rings. The number of amides is 1. The van der Waals surface area contributed by atoms with Crippen LogP contribution in [0.25, 0.3) is 16.5 Å². The predicted octanol–water partition coefficient (Wildman–Crippen LogP) is 3.73. The highest BCUT2D eigenvalue weighted by Crippen LogP contribution is 2.33. The van der Waals surface area contributed by atoms with Crippen molar-refractivity contribution in [1.82, 2.24) is 19.8 Å². The van der Waals surface area contributed by atoms with Gasteiger partial charge in [0.2, 0.25) is 0 Å². The van der Waals surface area contributed by atoms with Crippen molar-refractivity contribution < 1.29 is 18.7 Å². The molecule has 1 saturated heterocycles. The quantitative estimate of drug-likeness (QED) is 0.463. The van der Waals surface area contributed by atoms with Crippen molar-refractivity contribution in [2.24, 2.45) is 5.92 Å². The summed E-state index contributed by atoms with van der Waals surface area (Å²) in [4.78, 5) is 25.4. The van der Waals surface area contributed by atoms with Gasteiger partial charge in [-0.25, -0.2) is 4.52 Å². The van der Waals surface area contributed by atoms with E-state index >= 15 is 0 Å². The van der Waals surface area contributed by atoms with Crippen molar-refractivity contribution in [3.05, 3.63) is 59.1 Å². The molecule has 1 amide bonds. The fraction of sp³-hybridized carbons (Fsp3) is 0.280. The van der Waals surface area contributed by atoms with E-state index < -0.39 is 0 Å². The first-order valence-electron chi connectivity index (χ1n) is 10.8. The van der Waals surface area contributed by atoms with Crippen molar-refractivity contribution in [3.63, 3.8) is 0 Å². The van der Waals surface area contributed by atoms with E-state index in [0.29, 0.717) is 39.9 Å². The number of nitrogens with zero attached hydrogens (tertiary/aromatic N) is 4. The molecule has 9 heteroatoms. The zero-order chi connectivity index (χ0) is 24.4. The van der Waals surface area contributed by atoms with Crippen LogP contribution in [0.1, 0.15) is 32.0 Å². The second kappa shape index (κ2) is 9.37. The molecular weight excluding hydrogens is 434 g/mol. The third-order valence-corrected chi connectivity index (χ3v) is 5.82. The van der Waals surface area contributed by atoms with Crippen LogP contribution in [0, 0.1) is 31.1 Å². The molecule has 0 radical (unpaired) electrons. The van der Waals surface area contributed by atoms with Gasteiger partial charge in [0.05, 0.1) is 23.7 Å². The second-order valence-electron chi connectivity index (χ2n) is 8.24. The maximum Gasteiger partial charge on any atom is 0.255 e. The molecule has 0 unspecified atom stereocenters. The largest absolute Gasteiger partial charge is 0.460 e. The number of aromatic nitrogens is 2. The van der Waals surface area contributed by atoms with Gasteiger partial charge in [-0.1, -0.05) is 0 Å². The van der Waals surface area contributed by atoms with Gasteiger partial charge in [0.1, 0.15) is 22.6 Å². The fourth-order valence-electron chi connectivity index (χ4n) is 4.02. The summed E-state index contributed by atoms with van der Waals surface area (Å²) < 4.78 is 13.4. The van der Waals surface area contributed by atoms with E-state index in [1.165, 1.54) is 0 Å². The number of likely N-dealkylation sites (tertiary alicyclic amines) is 1. The molecule has 4 heterocycles. The Bertz CT molecular complexity index is 1420. The molecular formula is C25H25N5O4. The van der Waals surface area contributed by atoms with Gasteiger partial charge in [0.25, 0.3) is 5.91 Å². The van der Waals surface area contributed by atoms with E-state index in [-0.39, 0.29) is 5.91 Å². The number of fused-ring (bicyclic) bond motifs is 2. The van der Waals surface area contributed by atoms with Gasteiger partial charge in [0, 0.05) is 49.4 Å². The third-order valence-electron chi connectivity index (χ3n) is 5.82. The number of furan rings is 1. The molecule has 1 aliphatic heterocycles. The van der Waals surface area contributed by atoms with Crippen LogP contribution in [0.3, 0.4) is 0 Å². The van der Waals surface area contributed by atoms with Gasteiger partial charge in [-0.05, 0) is 38.6 Å². The number of aldehydes is 1. The zero-order valence-corrected chi connectivity index (χ0v) is 19.5. The number of nitrogens with one attached hydrogen (secondary N) is 1. The van der Waals surface area contributed by atoms with Crippen molar-refractivity contribution in [2.45, 2.75) is 13.8 Å². The Hall–Kier alpha value is -4.16. The second-order valence-corrected chi connectivity index (χ2v) is 8.24. The standard InChI is InChI=1S/C20H17N3O4.C5H8N2/c1-11-13(10-24)9-23-19(11)16(6-7-22-23)27-14-4-5-15-17(8-14)26-12(2)18(15)20(25)21-3;1-7-3-5(2-6)4-7/h4-10H,1-3H3,(H,21,25);5H,3-4H2,1H3. The smallest absolute Gasteiger partial charge is 0.255 e. The van der Waals surface area contributed by atoms with Gasteiger partial charge in [-0.3, -0.25) is 9.59 Å². The Morgan fingerprint density at radius 1 is 1.32 bits per heavy atom. The first-order valence-corrected chi connectivity index (χ1v) is 10.8. The van der Waals surface area contributed by atoms with Crippen molar-refractivity contribution in [3.8, 4) is 17.6 Å². The molecule has 5 rings (SSSR count). The Kier molecular flexibility index (Phi) is 6.34. The third kappa shape index (κ3) is 4.23. The number of carbonyl (C=O) groups is 2. The molecule has 9 nitrogen and oxygen atoms in total. The Balaban J connectivity index is 0.000000336. The average Bonchev–Trinajstić information content (AvgIpc) is 3.32. The topological polar surface area (TPSA) is 113 Å². The first kappa shape index (κ1) is 23.0. The number of nitriles is 1. The molecule has 0 spiro atoms. The van der Waals surface area contributed by atoms with Gasteiger partial charge in [-0.15, -0.1) is 0 Å². The molecule has 1 fully saturated rings. The molecule has 3 aromatic heterocycles. The molecule has 0 saturated carbocycles. The Morgan fingerprint density at radius 2 is 2.09 bits per heavy atom. The van der Waals surface area contributed by atoms with E-state index in [9.17, 15) is 9.59 Å². The number of aryl methyl sites for hydroxylation is 2. The van der Waals surface area contributed by atoms with Crippen LogP contribution in [0.5, 0.6) is 11.5 Å². The zero-order valence-electron chi connectivity index (χ0n) is 19.5. The Morgan fingerprint density at radius 3 is 2.71 bits per heavy atom. The fourth-order valence-corrected chi connectivity index (χ4v) is 4.02. The lowest BCUT2D eigenvalue weighted by molar-refractivity contribution is 0.0962. The highest BCUT2D eigenvalue weighted by molar-refractivity contribution is 6.07. The molecule has 174 valence electrons. The highest BCUT2D eigenvalue weighted by atomic mass is 16.5. The summed E-state index contributed by atoms with van der Waals surface area (Å²) >= 11 is 0. The number of hydrogen-bond donors (Lipinski definition) is 1. The summed E-state index contributed by atoms with van der Waals surface area (Å²) in [7, 11) is 3.61. The minimum absolute atomic E-state index is 0.194. The van der Waals surface area contributed by atoms with Gasteiger partial charge in [0.15, 0.2) is 12.0 Å². The van der Waals surface area contributed by atoms with Crippen molar-refractivity contribution in [1.29, 1.82) is 5.26 Å². The van der Waals surface area contributed by atoms with Gasteiger partial charge in [-0.2, -0.15) is 10.4 Å². The van der Waals surface area contributed by atoms with Crippen LogP contribution in [-0.4, -0.2) is 53.9 Å². The Labute approximate surface area is 196 Å². The lowest BCUT2D eigenvalue weighted by Gasteiger charge is -2.30. The summed E-state index contributed by atoms with van der Waals surface area (Å²) in [6.45, 7) is 5.54. The summed E-state index contributed by atoms with van der Waals surface area (Å²) in [6.07, 6.45) is 4.07. The number of benzene rings is 1. The SMILES string of the molecule is CN1CC(C#N)C1.CNC(=O)c1c(C)oc2cc(Oc3ccnn4cc(C=O)c(C)c34)ccc12. The summed E-state index contributed by atoms with van der Waals surface area (Å²) in [5.41, 5.74) is 3.16. The van der Waals surface area contributed by atoms with Crippen LogP contribution in [0.4, 0.5) is 0 Å². The minimum atomic E-state index is -0.194. The van der Waals surface area contributed by atoms with Gasteiger partial charge < -0.3 is 19.4 Å². The monoisotopic (exact) mass is 459 g/mol. The molecule has 1 aromatic carbocycles. The average molecular weight is 460 g/mol. The molecule has 34 heavy (non-hydrogen) atoms. The predicted molar refractivity (Wildman–Crippen MR) is 126 cm³/mol. The highest BCUT2D eigenvalue weighted by Gasteiger charge is 2.21. The summed E-state index contributed by atoms with van der Waals surface area (Å²) in [5, 5.41) is 15.8. The summed E-state index contributed by atoms with van der Waals surface area (Å²) in [6, 6.07) is 9.25. The lowest BCUT2D eigenvalue weighted by atomic mass is 10.0. The number of carbonyl (C=O) groups excluding carboxylic acids is 2. The molecule has 4 aromatic rings. The number of rotatable bonds is 4.